The second-order valence-electron chi connectivity index (χ2n) is 9.15. The Morgan fingerprint density at radius 1 is 1.09 bits per heavy atom. The Morgan fingerprint density at radius 2 is 1.86 bits per heavy atom. The fourth-order valence-electron chi connectivity index (χ4n) is 4.80. The van der Waals surface area contributed by atoms with Crippen LogP contribution in [-0.4, -0.2) is 49.0 Å². The fourth-order valence-corrected chi connectivity index (χ4v) is 6.82. The van der Waals surface area contributed by atoms with E-state index < -0.39 is 40.2 Å². The highest BCUT2D eigenvalue weighted by atomic mass is 32.2. The summed E-state index contributed by atoms with van der Waals surface area (Å²) in [5, 5.41) is 3.77. The van der Waals surface area contributed by atoms with Gasteiger partial charge in [0.25, 0.3) is 0 Å². The molecule has 0 radical (unpaired) electrons. The first-order valence-corrected chi connectivity index (χ1v) is 13.6. The largest absolute Gasteiger partial charge is 0.382 e. The van der Waals surface area contributed by atoms with Gasteiger partial charge in [-0.05, 0) is 42.1 Å². The first kappa shape index (κ1) is 22.8. The average molecular weight is 513 g/mol. The van der Waals surface area contributed by atoms with Gasteiger partial charge in [-0.1, -0.05) is 30.3 Å². The highest BCUT2D eigenvalue weighted by Gasteiger charge is 2.56. The van der Waals surface area contributed by atoms with Crippen molar-refractivity contribution in [3.63, 3.8) is 0 Å². The van der Waals surface area contributed by atoms with Crippen molar-refractivity contribution >= 4 is 48.2 Å². The lowest BCUT2D eigenvalue weighted by Crippen LogP contribution is -2.39. The highest BCUT2D eigenvalue weighted by molar-refractivity contribution is 7.89. The van der Waals surface area contributed by atoms with Crippen LogP contribution in [0.5, 0.6) is 0 Å². The Bertz CT molecular complexity index is 1540. The number of hydrogen-bond acceptors (Lipinski definition) is 9. The Morgan fingerprint density at radius 3 is 2.69 bits per heavy atom. The van der Waals surface area contributed by atoms with E-state index in [9.17, 15) is 8.42 Å². The molecule has 0 unspecified atom stereocenters. The maximum absolute atomic E-state index is 13.1. The summed E-state index contributed by atoms with van der Waals surface area (Å²) in [5.74, 6) is -0.420. The van der Waals surface area contributed by atoms with Crippen molar-refractivity contribution in [2.75, 3.05) is 12.3 Å². The van der Waals surface area contributed by atoms with Crippen LogP contribution in [0.15, 0.2) is 59.1 Å². The lowest BCUT2D eigenvalue weighted by atomic mass is 10.0. The van der Waals surface area contributed by atoms with Crippen molar-refractivity contribution in [2.24, 2.45) is 0 Å². The predicted octanol–water partition coefficient (Wildman–Crippen LogP) is 3.37. The third-order valence-corrected chi connectivity index (χ3v) is 8.80. The van der Waals surface area contributed by atoms with Gasteiger partial charge in [0.1, 0.15) is 36.6 Å². The number of hydrogen-bond donors (Lipinski definition) is 2. The van der Waals surface area contributed by atoms with Crippen LogP contribution in [0.4, 0.5) is 5.82 Å². The molecule has 0 aliphatic carbocycles. The Labute approximate surface area is 206 Å². The molecule has 11 heteroatoms. The first-order valence-electron chi connectivity index (χ1n) is 11.2. The number of benzene rings is 2. The SMILES string of the molecule is CC1(C)O[C@@H]2[C@H](O1)[C@@H](CNS(=O)(=O)c1ccc3ccccc3c1)O[C@H]2c1csc2c(N)ncnc12. The predicted molar refractivity (Wildman–Crippen MR) is 132 cm³/mol. The van der Waals surface area contributed by atoms with Gasteiger partial charge in [0.2, 0.25) is 10.0 Å². The molecule has 2 aromatic heterocycles. The molecule has 0 spiro atoms. The fraction of sp³-hybridized carbons (Fsp3) is 0.333. The first-order chi connectivity index (χ1) is 16.7. The van der Waals surface area contributed by atoms with Crippen LogP contribution < -0.4 is 10.5 Å². The second kappa shape index (κ2) is 8.19. The van der Waals surface area contributed by atoms with Crippen LogP contribution in [0, 0.1) is 0 Å². The van der Waals surface area contributed by atoms with Crippen molar-refractivity contribution in [1.29, 1.82) is 0 Å². The number of fused-ring (bicyclic) bond motifs is 3. The number of anilines is 1. The summed E-state index contributed by atoms with van der Waals surface area (Å²) < 4.78 is 48.4. The van der Waals surface area contributed by atoms with E-state index in [0.29, 0.717) is 11.3 Å². The summed E-state index contributed by atoms with van der Waals surface area (Å²) >= 11 is 1.44. The van der Waals surface area contributed by atoms with E-state index in [1.165, 1.54) is 17.7 Å². The summed E-state index contributed by atoms with van der Waals surface area (Å²) in [4.78, 5) is 8.66. The lowest BCUT2D eigenvalue weighted by Gasteiger charge is -2.24. The van der Waals surface area contributed by atoms with Crippen molar-refractivity contribution in [3.8, 4) is 0 Å². The summed E-state index contributed by atoms with van der Waals surface area (Å²) in [7, 11) is -3.77. The third-order valence-electron chi connectivity index (χ3n) is 6.37. The van der Waals surface area contributed by atoms with Gasteiger partial charge < -0.3 is 19.9 Å². The number of rotatable bonds is 5. The molecule has 0 saturated carbocycles. The minimum absolute atomic E-state index is 0.0332. The van der Waals surface area contributed by atoms with Crippen LogP contribution in [0.1, 0.15) is 25.5 Å². The molecule has 3 N–H and O–H groups in total. The molecule has 2 aliphatic heterocycles. The van der Waals surface area contributed by atoms with Gasteiger partial charge in [-0.25, -0.2) is 23.1 Å². The average Bonchev–Trinajstić information content (AvgIpc) is 3.49. The minimum Gasteiger partial charge on any atom is -0.382 e. The molecule has 2 aliphatic rings. The van der Waals surface area contributed by atoms with E-state index in [2.05, 4.69) is 14.7 Å². The zero-order valence-electron chi connectivity index (χ0n) is 19.0. The van der Waals surface area contributed by atoms with Crippen molar-refractivity contribution in [1.82, 2.24) is 14.7 Å². The summed E-state index contributed by atoms with van der Waals surface area (Å²) in [6.45, 7) is 3.71. The quantitative estimate of drug-likeness (QED) is 0.417. The van der Waals surface area contributed by atoms with E-state index >= 15 is 0 Å². The van der Waals surface area contributed by atoms with Crippen molar-refractivity contribution in [3.05, 3.63) is 59.7 Å². The minimum atomic E-state index is -3.77. The standard InChI is InChI=1S/C24H24N4O5S2/c1-24(2)32-20-17(10-28-35(29,30)15-8-7-13-5-3-4-6-14(13)9-15)31-19(21(20)33-24)16-11-34-22-18(16)26-12-27-23(22)25/h3-9,11-12,17,19-21,28H,10H2,1-2H3,(H2,25,26,27)/t17-,19+,20-,21+/m1/s1. The Hall–Kier alpha value is -2.67. The number of thiophene rings is 1. The molecule has 0 bridgehead atoms. The molecular weight excluding hydrogens is 488 g/mol. The van der Waals surface area contributed by atoms with E-state index in [4.69, 9.17) is 19.9 Å². The van der Waals surface area contributed by atoms with Crippen molar-refractivity contribution in [2.45, 2.75) is 48.9 Å². The number of aromatic nitrogens is 2. The zero-order chi connectivity index (χ0) is 24.4. The number of nitrogens with one attached hydrogen (secondary N) is 1. The molecule has 4 aromatic rings. The number of ether oxygens (including phenoxy) is 3. The van der Waals surface area contributed by atoms with E-state index in [0.717, 1.165) is 21.0 Å². The summed E-state index contributed by atoms with van der Waals surface area (Å²) in [6, 6.07) is 12.7. The van der Waals surface area contributed by atoms with Gasteiger partial charge in [-0.2, -0.15) is 0 Å². The van der Waals surface area contributed by atoms with Crippen LogP contribution in [0.3, 0.4) is 0 Å². The van der Waals surface area contributed by atoms with Crippen LogP contribution >= 0.6 is 11.3 Å². The number of sulfonamides is 1. The van der Waals surface area contributed by atoms with E-state index in [1.54, 1.807) is 18.2 Å². The molecule has 9 nitrogen and oxygen atoms in total. The van der Waals surface area contributed by atoms with Gasteiger partial charge in [-0.3, -0.25) is 0 Å². The van der Waals surface area contributed by atoms with Gasteiger partial charge in [0.05, 0.1) is 15.1 Å². The Kier molecular flexibility index (Phi) is 5.33. The maximum atomic E-state index is 13.1. The monoisotopic (exact) mass is 512 g/mol. The second-order valence-corrected chi connectivity index (χ2v) is 11.8. The number of nitrogens with two attached hydrogens (primary N) is 1. The lowest BCUT2D eigenvalue weighted by molar-refractivity contribution is -0.186. The molecule has 6 rings (SSSR count). The highest BCUT2D eigenvalue weighted by Crippen LogP contribution is 2.47. The number of nitrogens with zero attached hydrogens (tertiary/aromatic N) is 2. The zero-order valence-corrected chi connectivity index (χ0v) is 20.7. The van der Waals surface area contributed by atoms with Crippen LogP contribution in [-0.2, 0) is 24.2 Å². The van der Waals surface area contributed by atoms with Crippen LogP contribution in [0.2, 0.25) is 0 Å². The van der Waals surface area contributed by atoms with Gasteiger partial charge in [0, 0.05) is 12.1 Å². The summed E-state index contributed by atoms with van der Waals surface area (Å²) in [5.41, 5.74) is 7.55. The third kappa shape index (κ3) is 3.98. The van der Waals surface area contributed by atoms with Crippen molar-refractivity contribution < 1.29 is 22.6 Å². The molecular formula is C24H24N4O5S2. The Balaban J connectivity index is 1.27. The molecule has 4 heterocycles. The van der Waals surface area contributed by atoms with Gasteiger partial charge >= 0.3 is 0 Å². The van der Waals surface area contributed by atoms with E-state index in [-0.39, 0.29) is 11.4 Å². The maximum Gasteiger partial charge on any atom is 0.240 e. The van der Waals surface area contributed by atoms with Gasteiger partial charge in [-0.15, -0.1) is 11.3 Å². The molecule has 2 saturated heterocycles. The van der Waals surface area contributed by atoms with Gasteiger partial charge in [0.15, 0.2) is 5.79 Å². The number of nitrogen functional groups attached to an aromatic ring is 1. The topological polar surface area (TPSA) is 126 Å². The van der Waals surface area contributed by atoms with E-state index in [1.807, 2.05) is 43.5 Å². The molecule has 182 valence electrons. The smallest absolute Gasteiger partial charge is 0.240 e. The summed E-state index contributed by atoms with van der Waals surface area (Å²) in [6.07, 6.45) is -0.500. The molecule has 35 heavy (non-hydrogen) atoms. The molecule has 2 fully saturated rings. The molecule has 4 atom stereocenters. The normalized spacial score (nSPS) is 25.9. The molecule has 0 amide bonds. The molecule has 2 aromatic carbocycles. The van der Waals surface area contributed by atoms with Crippen LogP contribution in [0.25, 0.3) is 21.0 Å².